The molecule has 36 heavy (non-hydrogen) atoms. The molecule has 194 valence electrons. The SMILES string of the molecule is COc1cc(OCCO)cc(C(=O)NC(C)(C)COc2cccc3c2C(N)C(C)(C(=O)O)C(C)=N3)c1. The van der Waals surface area contributed by atoms with Crippen molar-refractivity contribution < 1.29 is 34.0 Å². The van der Waals surface area contributed by atoms with Gasteiger partial charge >= 0.3 is 5.97 Å². The predicted molar refractivity (Wildman–Crippen MR) is 134 cm³/mol. The number of carbonyl (C=O) groups excluding carboxylic acids is 1. The summed E-state index contributed by atoms with van der Waals surface area (Å²) >= 11 is 0. The molecule has 0 fully saturated rings. The molecule has 1 aliphatic heterocycles. The number of fused-ring (bicyclic) bond motifs is 1. The van der Waals surface area contributed by atoms with Crippen molar-refractivity contribution in [1.29, 1.82) is 0 Å². The fraction of sp³-hybridized carbons (Fsp3) is 0.423. The number of aliphatic carboxylic acids is 1. The highest BCUT2D eigenvalue weighted by atomic mass is 16.5. The van der Waals surface area contributed by atoms with Crippen molar-refractivity contribution in [3.8, 4) is 17.2 Å². The van der Waals surface area contributed by atoms with Gasteiger partial charge in [0, 0.05) is 22.9 Å². The first-order valence-electron chi connectivity index (χ1n) is 11.5. The molecule has 0 aliphatic carbocycles. The Morgan fingerprint density at radius 2 is 1.89 bits per heavy atom. The van der Waals surface area contributed by atoms with Crippen molar-refractivity contribution in [2.75, 3.05) is 26.9 Å². The Bertz CT molecular complexity index is 1180. The van der Waals surface area contributed by atoms with Gasteiger partial charge in [-0.15, -0.1) is 0 Å². The maximum Gasteiger partial charge on any atom is 0.317 e. The van der Waals surface area contributed by atoms with Crippen molar-refractivity contribution in [1.82, 2.24) is 5.32 Å². The number of hydrogen-bond donors (Lipinski definition) is 4. The highest BCUT2D eigenvalue weighted by Gasteiger charge is 2.47. The zero-order valence-electron chi connectivity index (χ0n) is 21.1. The number of aliphatic imine (C=N–C) groups is 1. The molecule has 10 nitrogen and oxygen atoms in total. The van der Waals surface area contributed by atoms with Crippen LogP contribution in [-0.2, 0) is 4.79 Å². The van der Waals surface area contributed by atoms with Crippen molar-refractivity contribution in [2.45, 2.75) is 39.3 Å². The molecule has 0 radical (unpaired) electrons. The van der Waals surface area contributed by atoms with Gasteiger partial charge in [0.1, 0.15) is 35.9 Å². The van der Waals surface area contributed by atoms with Gasteiger partial charge < -0.3 is 35.5 Å². The third-order valence-electron chi connectivity index (χ3n) is 6.24. The molecule has 0 aromatic heterocycles. The number of aliphatic hydroxyl groups excluding tert-OH is 1. The van der Waals surface area contributed by atoms with Gasteiger partial charge in [-0.1, -0.05) is 6.07 Å². The van der Waals surface area contributed by atoms with Crippen LogP contribution in [-0.4, -0.2) is 60.3 Å². The lowest BCUT2D eigenvalue weighted by Gasteiger charge is -2.37. The Kier molecular flexibility index (Phi) is 7.90. The van der Waals surface area contributed by atoms with E-state index in [1.165, 1.54) is 7.11 Å². The van der Waals surface area contributed by atoms with E-state index in [2.05, 4.69) is 10.3 Å². The van der Waals surface area contributed by atoms with Gasteiger partial charge in [-0.25, -0.2) is 0 Å². The summed E-state index contributed by atoms with van der Waals surface area (Å²) < 4.78 is 16.8. The average Bonchev–Trinajstić information content (AvgIpc) is 2.84. The third kappa shape index (κ3) is 5.44. The molecule has 2 atom stereocenters. The molecule has 0 spiro atoms. The summed E-state index contributed by atoms with van der Waals surface area (Å²) in [4.78, 5) is 29.5. The van der Waals surface area contributed by atoms with Crippen LogP contribution in [0.5, 0.6) is 17.2 Å². The van der Waals surface area contributed by atoms with Crippen LogP contribution in [0.4, 0.5) is 5.69 Å². The average molecular weight is 500 g/mol. The van der Waals surface area contributed by atoms with Gasteiger partial charge in [0.2, 0.25) is 0 Å². The minimum absolute atomic E-state index is 0.0756. The Labute approximate surface area is 210 Å². The normalized spacial score (nSPS) is 19.1. The largest absolute Gasteiger partial charge is 0.497 e. The lowest BCUT2D eigenvalue weighted by Crippen LogP contribution is -2.48. The van der Waals surface area contributed by atoms with Gasteiger partial charge in [-0.05, 0) is 52.0 Å². The fourth-order valence-corrected chi connectivity index (χ4v) is 3.91. The third-order valence-corrected chi connectivity index (χ3v) is 6.24. The Morgan fingerprint density at radius 3 is 2.53 bits per heavy atom. The van der Waals surface area contributed by atoms with Crippen LogP contribution in [0.1, 0.15) is 49.7 Å². The summed E-state index contributed by atoms with van der Waals surface area (Å²) in [6.45, 7) is 6.80. The molecule has 2 aromatic rings. The quantitative estimate of drug-likeness (QED) is 0.389. The minimum Gasteiger partial charge on any atom is -0.497 e. The van der Waals surface area contributed by atoms with Gasteiger partial charge in [0.15, 0.2) is 0 Å². The summed E-state index contributed by atoms with van der Waals surface area (Å²) in [5.74, 6) is -0.199. The second-order valence-corrected chi connectivity index (χ2v) is 9.47. The zero-order chi connectivity index (χ0) is 26.7. The molecule has 5 N–H and O–H groups in total. The molecule has 1 aliphatic rings. The van der Waals surface area contributed by atoms with Gasteiger partial charge in [0.05, 0.1) is 31.0 Å². The predicted octanol–water partition coefficient (Wildman–Crippen LogP) is 2.85. The molecule has 0 bridgehead atoms. The Hall–Kier alpha value is -3.63. The highest BCUT2D eigenvalue weighted by Crippen LogP contribution is 2.47. The van der Waals surface area contributed by atoms with Crippen LogP contribution < -0.4 is 25.3 Å². The van der Waals surface area contributed by atoms with Gasteiger partial charge in [0.25, 0.3) is 5.91 Å². The number of aliphatic hydroxyl groups is 1. The molecule has 2 unspecified atom stereocenters. The summed E-state index contributed by atoms with van der Waals surface area (Å²) in [5, 5.41) is 21.8. The molecule has 3 rings (SSSR count). The molecule has 10 heteroatoms. The smallest absolute Gasteiger partial charge is 0.317 e. The number of amides is 1. The van der Waals surface area contributed by atoms with Crippen molar-refractivity contribution in [3.05, 3.63) is 47.5 Å². The van der Waals surface area contributed by atoms with Crippen LogP contribution in [0, 0.1) is 5.41 Å². The second-order valence-electron chi connectivity index (χ2n) is 9.47. The van der Waals surface area contributed by atoms with Gasteiger partial charge in [-0.3, -0.25) is 14.6 Å². The van der Waals surface area contributed by atoms with E-state index in [0.29, 0.717) is 39.8 Å². The van der Waals surface area contributed by atoms with Crippen molar-refractivity contribution in [3.63, 3.8) is 0 Å². The monoisotopic (exact) mass is 499 g/mol. The number of nitrogens with zero attached hydrogens (tertiary/aromatic N) is 1. The fourth-order valence-electron chi connectivity index (χ4n) is 3.91. The van der Waals surface area contributed by atoms with Crippen LogP contribution in [0.15, 0.2) is 41.4 Å². The lowest BCUT2D eigenvalue weighted by molar-refractivity contribution is -0.145. The molecule has 2 aromatic carbocycles. The topological polar surface area (TPSA) is 153 Å². The molecule has 1 heterocycles. The summed E-state index contributed by atoms with van der Waals surface area (Å²) in [6, 6.07) is 9.13. The van der Waals surface area contributed by atoms with Crippen LogP contribution >= 0.6 is 0 Å². The molecular weight excluding hydrogens is 466 g/mol. The number of benzene rings is 2. The zero-order valence-corrected chi connectivity index (χ0v) is 21.1. The van der Waals surface area contributed by atoms with Crippen LogP contribution in [0.3, 0.4) is 0 Å². The first kappa shape index (κ1) is 27.0. The van der Waals surface area contributed by atoms with E-state index < -0.39 is 23.0 Å². The van der Waals surface area contributed by atoms with Crippen LogP contribution in [0.2, 0.25) is 0 Å². The Balaban J connectivity index is 1.79. The highest BCUT2D eigenvalue weighted by molar-refractivity contribution is 6.08. The molecular formula is C26H33N3O7. The molecule has 1 amide bonds. The van der Waals surface area contributed by atoms with Crippen molar-refractivity contribution in [2.24, 2.45) is 16.1 Å². The number of carbonyl (C=O) groups is 2. The van der Waals surface area contributed by atoms with E-state index in [1.54, 1.807) is 64.1 Å². The number of hydrogen-bond acceptors (Lipinski definition) is 8. The number of nitrogens with one attached hydrogen (secondary N) is 1. The maximum atomic E-state index is 13.0. The number of carboxylic acids is 1. The first-order chi connectivity index (χ1) is 16.9. The minimum atomic E-state index is -1.38. The van der Waals surface area contributed by atoms with E-state index in [0.717, 1.165) is 0 Å². The van der Waals surface area contributed by atoms with E-state index in [-0.39, 0.29) is 25.7 Å². The number of rotatable bonds is 10. The number of carboxylic acid groups (broad SMARTS) is 1. The Morgan fingerprint density at radius 1 is 1.19 bits per heavy atom. The van der Waals surface area contributed by atoms with Crippen molar-refractivity contribution >= 4 is 23.3 Å². The van der Waals surface area contributed by atoms with E-state index in [4.69, 9.17) is 25.1 Å². The standard InChI is InChI=1S/C26H33N3O7/c1-15-26(4,24(32)33)22(27)21-19(28-15)7-6-8-20(21)36-14-25(2,3)29-23(31)16-11-17(34-5)13-18(12-16)35-10-9-30/h6-8,11-13,22,30H,9-10,14,27H2,1-5H3,(H,29,31)(H,32,33). The summed E-state index contributed by atoms with van der Waals surface area (Å²) in [7, 11) is 1.48. The van der Waals surface area contributed by atoms with E-state index in [9.17, 15) is 14.7 Å². The number of ether oxygens (including phenoxy) is 3. The lowest BCUT2D eigenvalue weighted by atomic mass is 9.73. The molecule has 0 saturated carbocycles. The van der Waals surface area contributed by atoms with Crippen LogP contribution in [0.25, 0.3) is 0 Å². The summed E-state index contributed by atoms with van der Waals surface area (Å²) in [5.41, 5.74) is 6.05. The molecule has 0 saturated heterocycles. The van der Waals surface area contributed by atoms with E-state index >= 15 is 0 Å². The number of nitrogens with two attached hydrogens (primary N) is 1. The summed E-state index contributed by atoms with van der Waals surface area (Å²) in [6.07, 6.45) is 0. The maximum absolute atomic E-state index is 13.0. The number of methoxy groups -OCH3 is 1. The first-order valence-corrected chi connectivity index (χ1v) is 11.5. The van der Waals surface area contributed by atoms with Gasteiger partial charge in [-0.2, -0.15) is 0 Å². The van der Waals surface area contributed by atoms with E-state index in [1.807, 2.05) is 0 Å². The second kappa shape index (κ2) is 10.5.